The number of nitrogens with zero attached hydrogens (tertiary/aromatic N) is 4. The lowest BCUT2D eigenvalue weighted by molar-refractivity contribution is -0.117. The van der Waals surface area contributed by atoms with Crippen LogP contribution in [0.25, 0.3) is 11.2 Å². The molecule has 1 N–H and O–H groups in total. The highest BCUT2D eigenvalue weighted by atomic mass is 35.5. The number of aryl methyl sites for hydroxylation is 2. The van der Waals surface area contributed by atoms with Gasteiger partial charge in [-0.05, 0) is 62.2 Å². The fourth-order valence-corrected chi connectivity index (χ4v) is 5.50. The average molecular weight is 538 g/mol. The van der Waals surface area contributed by atoms with E-state index in [4.69, 9.17) is 11.6 Å². The van der Waals surface area contributed by atoms with E-state index in [0.717, 1.165) is 23.2 Å². The first-order chi connectivity index (χ1) is 17.6. The van der Waals surface area contributed by atoms with Crippen molar-refractivity contribution in [1.82, 2.24) is 19.3 Å². The van der Waals surface area contributed by atoms with E-state index in [1.54, 1.807) is 29.2 Å². The zero-order chi connectivity index (χ0) is 26.3. The molecule has 190 valence electrons. The molecule has 0 atom stereocenters. The predicted molar refractivity (Wildman–Crippen MR) is 140 cm³/mol. The quantitative estimate of drug-likeness (QED) is 0.397. The molecule has 0 unspecified atom stereocenters. The van der Waals surface area contributed by atoms with E-state index in [9.17, 15) is 18.0 Å². The summed E-state index contributed by atoms with van der Waals surface area (Å²) < 4.78 is 29.2. The molecular formula is C26H24ClN5O4S. The number of nitrogens with one attached hydrogen (secondary N) is 1. The molecule has 1 saturated heterocycles. The lowest BCUT2D eigenvalue weighted by Gasteiger charge is -2.17. The summed E-state index contributed by atoms with van der Waals surface area (Å²) >= 11 is 6.58. The second-order valence-electron chi connectivity index (χ2n) is 8.96. The Balaban J connectivity index is 1.42. The van der Waals surface area contributed by atoms with Crippen molar-refractivity contribution >= 4 is 50.3 Å². The number of pyridine rings is 1. The number of aromatic nitrogens is 3. The fourth-order valence-electron chi connectivity index (χ4n) is 4.31. The number of fused-ring (bicyclic) bond motifs is 1. The van der Waals surface area contributed by atoms with Gasteiger partial charge in [0.05, 0.1) is 11.4 Å². The number of anilines is 1. The Hall–Kier alpha value is -3.76. The van der Waals surface area contributed by atoms with Crippen LogP contribution in [0, 0.1) is 13.8 Å². The number of carbonyl (C=O) groups excluding carboxylic acids is 2. The van der Waals surface area contributed by atoms with Gasteiger partial charge in [0.25, 0.3) is 15.9 Å². The first-order valence-electron chi connectivity index (χ1n) is 11.7. The van der Waals surface area contributed by atoms with Crippen LogP contribution in [0.5, 0.6) is 0 Å². The Morgan fingerprint density at radius 3 is 2.49 bits per heavy atom. The highest BCUT2D eigenvalue weighted by Crippen LogP contribution is 2.28. The van der Waals surface area contributed by atoms with E-state index in [-0.39, 0.29) is 16.5 Å². The Bertz CT molecular complexity index is 1650. The molecule has 9 nitrogen and oxygen atoms in total. The summed E-state index contributed by atoms with van der Waals surface area (Å²) in [5.74, 6) is -0.104. The van der Waals surface area contributed by atoms with Crippen molar-refractivity contribution in [2.75, 3.05) is 11.4 Å². The summed E-state index contributed by atoms with van der Waals surface area (Å²) in [7, 11) is -4.06. The lowest BCUT2D eigenvalue weighted by atomic mass is 10.2. The second kappa shape index (κ2) is 9.60. The third kappa shape index (κ3) is 4.94. The molecule has 0 radical (unpaired) electrons. The third-order valence-electron chi connectivity index (χ3n) is 6.32. The molecule has 2 amide bonds. The van der Waals surface area contributed by atoms with Gasteiger partial charge in [-0.25, -0.2) is 23.1 Å². The normalized spacial score (nSPS) is 13.9. The van der Waals surface area contributed by atoms with E-state index >= 15 is 0 Å². The van der Waals surface area contributed by atoms with Crippen LogP contribution in [0.15, 0.2) is 59.5 Å². The summed E-state index contributed by atoms with van der Waals surface area (Å²) in [5.41, 5.74) is 3.38. The summed E-state index contributed by atoms with van der Waals surface area (Å²) in [6.07, 6.45) is 1.36. The minimum atomic E-state index is -4.06. The van der Waals surface area contributed by atoms with Crippen molar-refractivity contribution < 1.29 is 18.0 Å². The van der Waals surface area contributed by atoms with Crippen molar-refractivity contribution in [3.05, 3.63) is 82.3 Å². The molecule has 11 heteroatoms. The van der Waals surface area contributed by atoms with E-state index in [1.165, 1.54) is 18.2 Å². The number of imidazole rings is 1. The number of amides is 2. The van der Waals surface area contributed by atoms with Crippen LogP contribution < -0.4 is 9.62 Å². The first-order valence-corrected chi connectivity index (χ1v) is 13.5. The molecule has 1 aliphatic rings. The summed E-state index contributed by atoms with van der Waals surface area (Å²) in [6.45, 7) is 4.66. The molecule has 0 bridgehead atoms. The molecule has 0 saturated carbocycles. The number of carbonyl (C=O) groups is 2. The fraction of sp³-hybridized carbons (Fsp3) is 0.231. The zero-order valence-corrected chi connectivity index (χ0v) is 21.8. The molecule has 0 aliphatic carbocycles. The standard InChI is InChI=1S/C26H24ClN5O4S/c1-16-5-9-20(10-6-16)37(35,36)30-26(34)23-12-11-22-25(29-23)32(17(2)28-22)15-18-7-8-19(14-21(18)27)31-13-3-4-24(31)33/h5-12,14H,3-4,13,15H2,1-2H3,(H,30,34). The monoisotopic (exact) mass is 537 g/mol. The van der Waals surface area contributed by atoms with Gasteiger partial charge in [-0.2, -0.15) is 0 Å². The minimum absolute atomic E-state index is 0.0119. The van der Waals surface area contributed by atoms with Gasteiger partial charge >= 0.3 is 0 Å². The predicted octanol–water partition coefficient (Wildman–Crippen LogP) is 4.00. The van der Waals surface area contributed by atoms with E-state index < -0.39 is 15.9 Å². The maximum Gasteiger partial charge on any atom is 0.283 e. The van der Waals surface area contributed by atoms with Gasteiger partial charge in [0.1, 0.15) is 17.0 Å². The van der Waals surface area contributed by atoms with E-state index in [0.29, 0.717) is 41.5 Å². The number of hydrogen-bond acceptors (Lipinski definition) is 6. The Kier molecular flexibility index (Phi) is 6.47. The molecule has 3 heterocycles. The van der Waals surface area contributed by atoms with Gasteiger partial charge in [0, 0.05) is 23.7 Å². The van der Waals surface area contributed by atoms with E-state index in [2.05, 4.69) is 14.7 Å². The van der Waals surface area contributed by atoms with Crippen molar-refractivity contribution in [1.29, 1.82) is 0 Å². The Morgan fingerprint density at radius 1 is 1.05 bits per heavy atom. The topological polar surface area (TPSA) is 114 Å². The van der Waals surface area contributed by atoms with Crippen LogP contribution in [0.4, 0.5) is 5.69 Å². The lowest BCUT2D eigenvalue weighted by Crippen LogP contribution is -2.31. The Morgan fingerprint density at radius 2 is 1.81 bits per heavy atom. The number of hydrogen-bond donors (Lipinski definition) is 1. The highest BCUT2D eigenvalue weighted by Gasteiger charge is 2.23. The Labute approximate surface area is 219 Å². The highest BCUT2D eigenvalue weighted by molar-refractivity contribution is 7.90. The molecule has 0 spiro atoms. The zero-order valence-electron chi connectivity index (χ0n) is 20.2. The SMILES string of the molecule is Cc1ccc(S(=O)(=O)NC(=O)c2ccc3nc(C)n(Cc4ccc(N5CCCC5=O)cc4Cl)c3n2)cc1. The van der Waals surface area contributed by atoms with Gasteiger partial charge in [-0.3, -0.25) is 9.59 Å². The van der Waals surface area contributed by atoms with Crippen molar-refractivity contribution in [2.24, 2.45) is 0 Å². The molecule has 37 heavy (non-hydrogen) atoms. The van der Waals surface area contributed by atoms with Gasteiger partial charge in [0.15, 0.2) is 5.65 Å². The van der Waals surface area contributed by atoms with Gasteiger partial charge in [0.2, 0.25) is 5.91 Å². The molecule has 4 aromatic rings. The van der Waals surface area contributed by atoms with E-state index in [1.807, 2.05) is 30.5 Å². The minimum Gasteiger partial charge on any atom is -0.312 e. The van der Waals surface area contributed by atoms with Crippen LogP contribution >= 0.6 is 11.6 Å². The maximum absolute atomic E-state index is 12.8. The second-order valence-corrected chi connectivity index (χ2v) is 11.0. The van der Waals surface area contributed by atoms with Crippen molar-refractivity contribution in [3.63, 3.8) is 0 Å². The molecule has 1 fully saturated rings. The smallest absolute Gasteiger partial charge is 0.283 e. The summed E-state index contributed by atoms with van der Waals surface area (Å²) in [5, 5.41) is 0.497. The summed E-state index contributed by atoms with van der Waals surface area (Å²) in [4.78, 5) is 35.6. The van der Waals surface area contributed by atoms with Gasteiger partial charge in [-0.1, -0.05) is 35.4 Å². The van der Waals surface area contributed by atoms with Crippen molar-refractivity contribution in [2.45, 2.75) is 38.1 Å². The number of sulfonamides is 1. The van der Waals surface area contributed by atoms with Crippen LogP contribution in [0.3, 0.4) is 0 Å². The summed E-state index contributed by atoms with van der Waals surface area (Å²) in [6, 6.07) is 14.8. The van der Waals surface area contributed by atoms with Crippen LogP contribution in [-0.2, 0) is 21.4 Å². The largest absolute Gasteiger partial charge is 0.312 e. The molecule has 5 rings (SSSR count). The maximum atomic E-state index is 12.8. The third-order valence-corrected chi connectivity index (χ3v) is 8.02. The van der Waals surface area contributed by atoms with Crippen LogP contribution in [0.1, 0.15) is 40.3 Å². The number of rotatable bonds is 6. The van der Waals surface area contributed by atoms with Gasteiger partial charge in [-0.15, -0.1) is 0 Å². The first kappa shape index (κ1) is 24.9. The molecule has 2 aromatic heterocycles. The molecule has 1 aliphatic heterocycles. The van der Waals surface area contributed by atoms with Crippen LogP contribution in [0.2, 0.25) is 5.02 Å². The number of halogens is 1. The molecular weight excluding hydrogens is 514 g/mol. The number of benzene rings is 2. The van der Waals surface area contributed by atoms with Crippen molar-refractivity contribution in [3.8, 4) is 0 Å². The average Bonchev–Trinajstić information content (AvgIpc) is 3.42. The molecule has 2 aromatic carbocycles. The van der Waals surface area contributed by atoms with Crippen LogP contribution in [-0.4, -0.2) is 41.3 Å². The van der Waals surface area contributed by atoms with Gasteiger partial charge < -0.3 is 9.47 Å².